The van der Waals surface area contributed by atoms with Crippen LogP contribution in [-0.2, 0) is 15.8 Å². The number of rotatable bonds is 8. The number of nitrogens with zero attached hydrogens (tertiary/aromatic N) is 4. The topological polar surface area (TPSA) is 110 Å². The maximum atomic E-state index is 14.2. The number of benzene rings is 2. The van der Waals surface area contributed by atoms with Gasteiger partial charge in [0.05, 0.1) is 29.9 Å². The first kappa shape index (κ1) is 24.9. The van der Waals surface area contributed by atoms with Crippen LogP contribution in [0.2, 0.25) is 0 Å². The van der Waals surface area contributed by atoms with Gasteiger partial charge in [0.2, 0.25) is 5.91 Å². The van der Waals surface area contributed by atoms with Crippen LogP contribution in [0.1, 0.15) is 11.3 Å². The van der Waals surface area contributed by atoms with E-state index in [-0.39, 0.29) is 30.8 Å². The van der Waals surface area contributed by atoms with Gasteiger partial charge >= 0.3 is 0 Å². The molecule has 1 unspecified atom stereocenters. The van der Waals surface area contributed by atoms with E-state index in [0.29, 0.717) is 44.8 Å². The van der Waals surface area contributed by atoms with Crippen LogP contribution in [0.25, 0.3) is 11.1 Å². The van der Waals surface area contributed by atoms with Gasteiger partial charge < -0.3 is 10.0 Å². The van der Waals surface area contributed by atoms with Gasteiger partial charge in [0.25, 0.3) is 0 Å². The van der Waals surface area contributed by atoms with Gasteiger partial charge in [-0.3, -0.25) is 9.69 Å². The van der Waals surface area contributed by atoms with E-state index >= 15 is 0 Å². The molecule has 3 aromatic rings. The number of hydrogen-bond donors (Lipinski definition) is 2. The summed E-state index contributed by atoms with van der Waals surface area (Å²) in [5, 5.41) is 18.4. The molecule has 0 aliphatic carbocycles. The van der Waals surface area contributed by atoms with E-state index in [2.05, 4.69) is 14.6 Å². The molecule has 1 atom stereocenters. The maximum absolute atomic E-state index is 14.2. The lowest BCUT2D eigenvalue weighted by atomic mass is 9.96. The van der Waals surface area contributed by atoms with Crippen molar-refractivity contribution in [1.82, 2.24) is 9.71 Å². The molecule has 11 heteroatoms. The average Bonchev–Trinajstić information content (AvgIpc) is 3.23. The molecule has 1 amide bonds. The zero-order chi connectivity index (χ0) is 25.1. The standard InChI is InChI=1S/C24H24FN5O3S2/c1-15-23(35(33)27-9-10-31)34-24(28-15)29(2)22(32)18-13-30(14-18)19-6-4-17(5-7-19)20-11-16(12-26)3-8-21(20)25/h3-8,11,18,27,31H,9-10,13-14H2,1-2H3. The second-order valence-electron chi connectivity index (χ2n) is 8.11. The Labute approximate surface area is 209 Å². The number of carbonyl (C=O) groups is 1. The molecule has 1 saturated heterocycles. The Morgan fingerprint density at radius 3 is 2.71 bits per heavy atom. The number of aliphatic hydroxyl groups is 1. The number of carbonyl (C=O) groups excluding carboxylic acids is 1. The van der Waals surface area contributed by atoms with Crippen molar-refractivity contribution in [3.05, 3.63) is 59.5 Å². The van der Waals surface area contributed by atoms with E-state index in [4.69, 9.17) is 10.4 Å². The van der Waals surface area contributed by atoms with E-state index in [1.54, 1.807) is 26.1 Å². The number of nitrogens with one attached hydrogen (secondary N) is 1. The molecule has 0 saturated carbocycles. The van der Waals surface area contributed by atoms with Gasteiger partial charge in [-0.15, -0.1) is 0 Å². The third kappa shape index (κ3) is 5.26. The van der Waals surface area contributed by atoms with E-state index < -0.39 is 11.0 Å². The third-order valence-electron chi connectivity index (χ3n) is 5.74. The van der Waals surface area contributed by atoms with Crippen LogP contribution in [0, 0.1) is 30.0 Å². The summed E-state index contributed by atoms with van der Waals surface area (Å²) in [4.78, 5) is 20.9. The summed E-state index contributed by atoms with van der Waals surface area (Å²) >= 11 is 1.19. The molecule has 2 N–H and O–H groups in total. The lowest BCUT2D eigenvalue weighted by Gasteiger charge is -2.41. The summed E-state index contributed by atoms with van der Waals surface area (Å²) in [7, 11) is 0.171. The Morgan fingerprint density at radius 1 is 1.34 bits per heavy atom. The fourth-order valence-corrected chi connectivity index (χ4v) is 5.96. The fraction of sp³-hybridized carbons (Fsp3) is 0.292. The summed E-state index contributed by atoms with van der Waals surface area (Å²) in [6.07, 6.45) is 0. The second kappa shape index (κ2) is 10.6. The molecule has 1 aliphatic rings. The molecule has 1 fully saturated rings. The molecular weight excluding hydrogens is 489 g/mol. The van der Waals surface area contributed by atoms with Crippen molar-refractivity contribution in [2.75, 3.05) is 43.1 Å². The molecule has 35 heavy (non-hydrogen) atoms. The SMILES string of the molecule is Cc1nc(N(C)C(=O)C2CN(c3ccc(-c4cc(C#N)ccc4F)cc3)C2)sc1S(=O)NCCO. The monoisotopic (exact) mass is 513 g/mol. The minimum atomic E-state index is -1.49. The quantitative estimate of drug-likeness (QED) is 0.480. The molecule has 2 heterocycles. The average molecular weight is 514 g/mol. The Morgan fingerprint density at radius 2 is 2.06 bits per heavy atom. The van der Waals surface area contributed by atoms with Gasteiger partial charge in [0.1, 0.15) is 21.0 Å². The summed E-state index contributed by atoms with van der Waals surface area (Å²) < 4.78 is 29.8. The highest BCUT2D eigenvalue weighted by molar-refractivity contribution is 7.85. The van der Waals surface area contributed by atoms with E-state index in [0.717, 1.165) is 5.69 Å². The van der Waals surface area contributed by atoms with Crippen molar-refractivity contribution in [1.29, 1.82) is 5.26 Å². The number of anilines is 2. The molecular formula is C24H24FN5O3S2. The Hall–Kier alpha value is -3.17. The highest BCUT2D eigenvalue weighted by atomic mass is 32.2. The van der Waals surface area contributed by atoms with Crippen molar-refractivity contribution in [2.24, 2.45) is 5.92 Å². The highest BCUT2D eigenvalue weighted by Crippen LogP contribution is 2.32. The normalized spacial score (nSPS) is 14.3. The lowest BCUT2D eigenvalue weighted by molar-refractivity contribution is -0.122. The molecule has 2 aromatic carbocycles. The molecule has 0 radical (unpaired) electrons. The predicted octanol–water partition coefficient (Wildman–Crippen LogP) is 2.83. The minimum Gasteiger partial charge on any atom is -0.395 e. The number of thiazole rings is 1. The number of aromatic nitrogens is 1. The van der Waals surface area contributed by atoms with Gasteiger partial charge in [-0.25, -0.2) is 18.3 Å². The van der Waals surface area contributed by atoms with E-state index in [9.17, 15) is 13.4 Å². The smallest absolute Gasteiger partial charge is 0.235 e. The first-order valence-electron chi connectivity index (χ1n) is 10.9. The lowest BCUT2D eigenvalue weighted by Crippen LogP contribution is -2.54. The van der Waals surface area contributed by atoms with Crippen molar-refractivity contribution < 1.29 is 18.5 Å². The van der Waals surface area contributed by atoms with Gasteiger partial charge in [-0.2, -0.15) is 5.26 Å². The summed E-state index contributed by atoms with van der Waals surface area (Å²) in [5.74, 6) is -0.652. The van der Waals surface area contributed by atoms with Gasteiger partial charge in [-0.05, 0) is 42.8 Å². The first-order chi connectivity index (χ1) is 16.8. The van der Waals surface area contributed by atoms with Crippen LogP contribution in [-0.4, -0.2) is 53.5 Å². The number of hydrogen-bond acceptors (Lipinski definition) is 7. The maximum Gasteiger partial charge on any atom is 0.235 e. The van der Waals surface area contributed by atoms with Crippen molar-refractivity contribution in [2.45, 2.75) is 11.1 Å². The minimum absolute atomic E-state index is 0.0670. The predicted molar refractivity (Wildman–Crippen MR) is 134 cm³/mol. The molecule has 0 spiro atoms. The summed E-state index contributed by atoms with van der Waals surface area (Å²) in [6, 6.07) is 13.7. The second-order valence-corrected chi connectivity index (χ2v) is 10.6. The molecule has 1 aromatic heterocycles. The molecule has 0 bridgehead atoms. The Balaban J connectivity index is 1.38. The van der Waals surface area contributed by atoms with E-state index in [1.165, 1.54) is 34.4 Å². The Bertz CT molecular complexity index is 1300. The first-order valence-corrected chi connectivity index (χ1v) is 12.8. The zero-order valence-corrected chi connectivity index (χ0v) is 20.8. The number of aryl methyl sites for hydroxylation is 1. The Kier molecular flexibility index (Phi) is 7.57. The molecule has 8 nitrogen and oxygen atoms in total. The highest BCUT2D eigenvalue weighted by Gasteiger charge is 2.36. The van der Waals surface area contributed by atoms with E-state index in [1.807, 2.05) is 18.2 Å². The number of amides is 1. The van der Waals surface area contributed by atoms with Crippen LogP contribution in [0.15, 0.2) is 46.7 Å². The van der Waals surface area contributed by atoms with Gasteiger partial charge in [-0.1, -0.05) is 23.5 Å². The van der Waals surface area contributed by atoms with Crippen LogP contribution in [0.3, 0.4) is 0 Å². The van der Waals surface area contributed by atoms with Crippen molar-refractivity contribution in [3.63, 3.8) is 0 Å². The zero-order valence-electron chi connectivity index (χ0n) is 19.2. The third-order valence-corrected chi connectivity index (χ3v) is 8.57. The number of aliphatic hydroxyl groups excluding tert-OH is 1. The molecule has 4 rings (SSSR count). The summed E-state index contributed by atoms with van der Waals surface area (Å²) in [5.41, 5.74) is 2.96. The van der Waals surface area contributed by atoms with Crippen LogP contribution in [0.5, 0.6) is 0 Å². The number of halogens is 1. The number of nitriles is 1. The molecule has 182 valence electrons. The van der Waals surface area contributed by atoms with Crippen LogP contribution >= 0.6 is 11.3 Å². The largest absolute Gasteiger partial charge is 0.395 e. The van der Waals surface area contributed by atoms with Crippen LogP contribution < -0.4 is 14.5 Å². The van der Waals surface area contributed by atoms with Crippen LogP contribution in [0.4, 0.5) is 15.2 Å². The molecule has 1 aliphatic heterocycles. The van der Waals surface area contributed by atoms with Crippen molar-refractivity contribution >= 4 is 39.0 Å². The van der Waals surface area contributed by atoms with Crippen molar-refractivity contribution in [3.8, 4) is 17.2 Å². The van der Waals surface area contributed by atoms with Gasteiger partial charge in [0.15, 0.2) is 5.13 Å². The van der Waals surface area contributed by atoms with Gasteiger partial charge in [0, 0.05) is 37.9 Å². The summed E-state index contributed by atoms with van der Waals surface area (Å²) in [6.45, 7) is 2.91. The fourth-order valence-electron chi connectivity index (χ4n) is 3.77.